The number of thioether (sulfide) groups is 1. The van der Waals surface area contributed by atoms with Gasteiger partial charge in [-0.1, -0.05) is 24.3 Å². The summed E-state index contributed by atoms with van der Waals surface area (Å²) in [5.74, 6) is 0.593. The van der Waals surface area contributed by atoms with E-state index in [0.29, 0.717) is 18.1 Å². The summed E-state index contributed by atoms with van der Waals surface area (Å²) in [4.78, 5) is 27.4. The van der Waals surface area contributed by atoms with Crippen LogP contribution in [0.4, 0.5) is 4.79 Å². The van der Waals surface area contributed by atoms with Crippen LogP contribution in [0.3, 0.4) is 0 Å². The first-order chi connectivity index (χ1) is 15.4. The summed E-state index contributed by atoms with van der Waals surface area (Å²) >= 11 is 1.00. The molecule has 2 aromatic carbocycles. The summed E-state index contributed by atoms with van der Waals surface area (Å²) in [6.45, 7) is 8.92. The highest BCUT2D eigenvalue weighted by molar-refractivity contribution is 8.18. The van der Waals surface area contributed by atoms with E-state index in [1.54, 1.807) is 0 Å². The minimum atomic E-state index is -0.242. The molecule has 1 saturated heterocycles. The zero-order chi connectivity index (χ0) is 22.8. The third-order valence-electron chi connectivity index (χ3n) is 5.63. The predicted octanol–water partition coefficient (Wildman–Crippen LogP) is 6.04. The van der Waals surface area contributed by atoms with Gasteiger partial charge in [0.2, 0.25) is 0 Å². The second kappa shape index (κ2) is 9.09. The second-order valence-electron chi connectivity index (χ2n) is 7.78. The number of rotatable bonds is 6. The molecule has 5 nitrogen and oxygen atoms in total. The van der Waals surface area contributed by atoms with E-state index in [9.17, 15) is 9.59 Å². The van der Waals surface area contributed by atoms with Crippen molar-refractivity contribution < 1.29 is 14.3 Å². The van der Waals surface area contributed by atoms with Gasteiger partial charge in [-0.2, -0.15) is 0 Å². The lowest BCUT2D eigenvalue weighted by atomic mass is 10.1. The molecule has 0 atom stereocenters. The van der Waals surface area contributed by atoms with Gasteiger partial charge in [-0.3, -0.25) is 14.5 Å². The maximum absolute atomic E-state index is 13.0. The summed E-state index contributed by atoms with van der Waals surface area (Å²) < 4.78 is 7.68. The third kappa shape index (κ3) is 4.23. The van der Waals surface area contributed by atoms with Gasteiger partial charge in [0.25, 0.3) is 11.1 Å². The maximum Gasteiger partial charge on any atom is 0.293 e. The van der Waals surface area contributed by atoms with E-state index < -0.39 is 0 Å². The molecule has 2 heterocycles. The smallest absolute Gasteiger partial charge is 0.293 e. The zero-order valence-electron chi connectivity index (χ0n) is 18.7. The van der Waals surface area contributed by atoms with Crippen molar-refractivity contribution in [3.63, 3.8) is 0 Å². The van der Waals surface area contributed by atoms with Gasteiger partial charge < -0.3 is 9.30 Å². The quantitative estimate of drug-likeness (QED) is 0.433. The first kappa shape index (κ1) is 22.0. The molecule has 32 heavy (non-hydrogen) atoms. The van der Waals surface area contributed by atoms with E-state index in [2.05, 4.69) is 4.57 Å². The normalized spacial score (nSPS) is 15.1. The molecule has 1 fully saturated rings. The maximum atomic E-state index is 13.0. The molecule has 1 aliphatic rings. The van der Waals surface area contributed by atoms with Gasteiger partial charge in [0, 0.05) is 17.1 Å². The summed E-state index contributed by atoms with van der Waals surface area (Å²) in [5, 5.41) is -0.232. The van der Waals surface area contributed by atoms with Crippen molar-refractivity contribution >= 4 is 29.0 Å². The van der Waals surface area contributed by atoms with Crippen LogP contribution in [0.25, 0.3) is 11.8 Å². The molecule has 0 bridgehead atoms. The number of carbonyl (C=O) groups excluding carboxylic acids is 2. The van der Waals surface area contributed by atoms with E-state index >= 15 is 0 Å². The molecular formula is C26H26N2O3S. The lowest BCUT2D eigenvalue weighted by Gasteiger charge is -2.14. The van der Waals surface area contributed by atoms with Crippen LogP contribution in [0.5, 0.6) is 5.75 Å². The number of hydrogen-bond acceptors (Lipinski definition) is 4. The van der Waals surface area contributed by atoms with Crippen molar-refractivity contribution in [3.8, 4) is 11.4 Å². The van der Waals surface area contributed by atoms with Gasteiger partial charge in [-0.05, 0) is 92.6 Å². The van der Waals surface area contributed by atoms with Crippen LogP contribution in [0.1, 0.15) is 35.0 Å². The highest BCUT2D eigenvalue weighted by Gasteiger charge is 2.35. The fourth-order valence-corrected chi connectivity index (χ4v) is 4.75. The van der Waals surface area contributed by atoms with Crippen molar-refractivity contribution in [1.82, 2.24) is 9.47 Å². The number of ether oxygens (including phenoxy) is 1. The molecule has 1 aromatic heterocycles. The van der Waals surface area contributed by atoms with Crippen LogP contribution >= 0.6 is 11.8 Å². The Hall–Kier alpha value is -3.25. The average Bonchev–Trinajstić information content (AvgIpc) is 3.20. The minimum Gasteiger partial charge on any atom is -0.494 e. The van der Waals surface area contributed by atoms with Crippen molar-refractivity contribution in [2.24, 2.45) is 0 Å². The molecule has 4 rings (SSSR count). The molecule has 164 valence electrons. The summed E-state index contributed by atoms with van der Waals surface area (Å²) in [6.07, 6.45) is 1.83. The van der Waals surface area contributed by atoms with Crippen molar-refractivity contribution in [3.05, 3.63) is 87.6 Å². The number of imide groups is 1. The molecule has 3 aromatic rings. The fraction of sp³-hybridized carbons (Fsp3) is 0.231. The van der Waals surface area contributed by atoms with Crippen LogP contribution in [0.2, 0.25) is 0 Å². The zero-order valence-corrected chi connectivity index (χ0v) is 19.5. The predicted molar refractivity (Wildman–Crippen MR) is 129 cm³/mol. The Kier molecular flexibility index (Phi) is 6.24. The molecule has 6 heteroatoms. The number of aromatic nitrogens is 1. The van der Waals surface area contributed by atoms with Gasteiger partial charge >= 0.3 is 0 Å². The third-order valence-corrected chi connectivity index (χ3v) is 6.53. The second-order valence-corrected chi connectivity index (χ2v) is 8.78. The molecule has 0 spiro atoms. The molecular weight excluding hydrogens is 420 g/mol. The first-order valence-electron chi connectivity index (χ1n) is 10.6. The molecule has 0 N–H and O–H groups in total. The van der Waals surface area contributed by atoms with Crippen LogP contribution < -0.4 is 4.74 Å². The Bertz CT molecular complexity index is 1210. The Balaban J connectivity index is 1.60. The van der Waals surface area contributed by atoms with Gasteiger partial charge in [0.15, 0.2) is 0 Å². The Morgan fingerprint density at radius 3 is 2.41 bits per heavy atom. The van der Waals surface area contributed by atoms with E-state index in [-0.39, 0.29) is 11.1 Å². The number of benzene rings is 2. The molecule has 0 radical (unpaired) electrons. The van der Waals surface area contributed by atoms with E-state index in [1.165, 1.54) is 4.90 Å². The molecule has 0 saturated carbocycles. The van der Waals surface area contributed by atoms with Crippen molar-refractivity contribution in [2.45, 2.75) is 34.2 Å². The van der Waals surface area contributed by atoms with Crippen molar-refractivity contribution in [2.75, 3.05) is 6.61 Å². The summed E-state index contributed by atoms with van der Waals surface area (Å²) in [5.41, 5.74) is 6.06. The van der Waals surface area contributed by atoms with Gasteiger partial charge in [-0.15, -0.1) is 0 Å². The van der Waals surface area contributed by atoms with Gasteiger partial charge in [-0.25, -0.2) is 0 Å². The van der Waals surface area contributed by atoms with Crippen LogP contribution in [-0.4, -0.2) is 27.2 Å². The first-order valence-corrected chi connectivity index (χ1v) is 11.4. The fourth-order valence-electron chi connectivity index (χ4n) is 3.92. The summed E-state index contributed by atoms with van der Waals surface area (Å²) in [7, 11) is 0. The molecule has 2 amide bonds. The monoisotopic (exact) mass is 446 g/mol. The van der Waals surface area contributed by atoms with Crippen LogP contribution in [0, 0.1) is 20.8 Å². The van der Waals surface area contributed by atoms with E-state index in [1.807, 2.05) is 88.4 Å². The Labute approximate surface area is 192 Å². The van der Waals surface area contributed by atoms with Gasteiger partial charge in [0.1, 0.15) is 5.75 Å². The summed E-state index contributed by atoms with van der Waals surface area (Å²) in [6, 6.07) is 17.8. The minimum absolute atomic E-state index is 0.232. The Morgan fingerprint density at radius 1 is 1.00 bits per heavy atom. The van der Waals surface area contributed by atoms with Crippen LogP contribution in [-0.2, 0) is 11.3 Å². The molecule has 1 aliphatic heterocycles. The topological polar surface area (TPSA) is 51.5 Å². The highest BCUT2D eigenvalue weighted by atomic mass is 32.2. The lowest BCUT2D eigenvalue weighted by Crippen LogP contribution is -2.27. The SMILES string of the molecule is CCOc1ccc(-n2c(C)cc(/C=C3\SC(=O)N(Cc4ccccc4C)C3=O)c2C)cc1. The molecule has 0 aliphatic carbocycles. The Morgan fingerprint density at radius 2 is 1.72 bits per heavy atom. The average molecular weight is 447 g/mol. The molecule has 0 unspecified atom stereocenters. The number of amides is 2. The largest absolute Gasteiger partial charge is 0.494 e. The van der Waals surface area contributed by atoms with Gasteiger partial charge in [0.05, 0.1) is 18.1 Å². The standard InChI is InChI=1S/C26H26N2O3S/c1-5-31-23-12-10-22(11-13-23)28-18(3)14-21(19(28)4)15-24-25(29)27(26(30)32-24)16-20-9-7-6-8-17(20)2/h6-15H,5,16H2,1-4H3/b24-15-. The highest BCUT2D eigenvalue weighted by Crippen LogP contribution is 2.35. The van der Waals surface area contributed by atoms with Crippen molar-refractivity contribution in [1.29, 1.82) is 0 Å². The lowest BCUT2D eigenvalue weighted by molar-refractivity contribution is -0.123. The number of hydrogen-bond donors (Lipinski definition) is 0. The van der Waals surface area contributed by atoms with E-state index in [0.717, 1.165) is 51.3 Å². The number of carbonyl (C=O) groups is 2. The van der Waals surface area contributed by atoms with E-state index in [4.69, 9.17) is 4.74 Å². The van der Waals surface area contributed by atoms with Crippen LogP contribution in [0.15, 0.2) is 59.5 Å². The number of aryl methyl sites for hydroxylation is 2. The number of nitrogens with zero attached hydrogens (tertiary/aromatic N) is 2.